The van der Waals surface area contributed by atoms with Gasteiger partial charge in [-0.25, -0.2) is 0 Å². The molecule has 3 nitrogen and oxygen atoms in total. The highest BCUT2D eigenvalue weighted by molar-refractivity contribution is 5.64. The monoisotopic (exact) mass is 283 g/mol. The van der Waals surface area contributed by atoms with Gasteiger partial charge in [-0.3, -0.25) is 4.90 Å². The van der Waals surface area contributed by atoms with Crippen LogP contribution in [-0.2, 0) is 11.3 Å². The summed E-state index contributed by atoms with van der Waals surface area (Å²) in [5.41, 5.74) is 3.81. The van der Waals surface area contributed by atoms with E-state index in [4.69, 9.17) is 9.47 Å². The molecule has 2 aromatic carbocycles. The van der Waals surface area contributed by atoms with E-state index in [1.54, 1.807) is 7.11 Å². The van der Waals surface area contributed by atoms with Gasteiger partial charge in [-0.05, 0) is 28.8 Å². The molecule has 0 aromatic heterocycles. The second kappa shape index (κ2) is 6.74. The molecule has 2 aromatic rings. The van der Waals surface area contributed by atoms with E-state index in [2.05, 4.69) is 41.3 Å². The first-order valence-electron chi connectivity index (χ1n) is 7.38. The highest BCUT2D eigenvalue weighted by Gasteiger charge is 2.10. The average Bonchev–Trinajstić information content (AvgIpc) is 2.57. The highest BCUT2D eigenvalue weighted by atomic mass is 16.5. The van der Waals surface area contributed by atoms with Crippen molar-refractivity contribution < 1.29 is 9.47 Å². The van der Waals surface area contributed by atoms with E-state index in [9.17, 15) is 0 Å². The summed E-state index contributed by atoms with van der Waals surface area (Å²) in [6.45, 7) is 4.76. The maximum absolute atomic E-state index is 5.38. The summed E-state index contributed by atoms with van der Waals surface area (Å²) in [7, 11) is 1.69. The molecule has 0 radical (unpaired) electrons. The van der Waals surface area contributed by atoms with Crippen molar-refractivity contribution in [3.05, 3.63) is 54.1 Å². The van der Waals surface area contributed by atoms with Crippen LogP contribution in [0.15, 0.2) is 48.5 Å². The van der Waals surface area contributed by atoms with Crippen molar-refractivity contribution in [2.75, 3.05) is 33.4 Å². The minimum absolute atomic E-state index is 0.851. The van der Waals surface area contributed by atoms with Gasteiger partial charge < -0.3 is 9.47 Å². The summed E-state index contributed by atoms with van der Waals surface area (Å²) in [5.74, 6) is 0.891. The van der Waals surface area contributed by atoms with E-state index in [1.807, 2.05) is 12.1 Å². The van der Waals surface area contributed by atoms with Crippen LogP contribution in [0.3, 0.4) is 0 Å². The van der Waals surface area contributed by atoms with Crippen molar-refractivity contribution in [3.8, 4) is 16.9 Å². The van der Waals surface area contributed by atoms with Crippen LogP contribution in [0.5, 0.6) is 5.75 Å². The molecule has 0 unspecified atom stereocenters. The van der Waals surface area contributed by atoms with Gasteiger partial charge in [0.1, 0.15) is 5.75 Å². The van der Waals surface area contributed by atoms with Gasteiger partial charge in [0.25, 0.3) is 0 Å². The van der Waals surface area contributed by atoms with Gasteiger partial charge in [0.15, 0.2) is 0 Å². The topological polar surface area (TPSA) is 21.7 Å². The van der Waals surface area contributed by atoms with Crippen molar-refractivity contribution in [2.24, 2.45) is 0 Å². The van der Waals surface area contributed by atoms with Gasteiger partial charge in [0.2, 0.25) is 0 Å². The summed E-state index contributed by atoms with van der Waals surface area (Å²) in [6.07, 6.45) is 0. The van der Waals surface area contributed by atoms with Gasteiger partial charge >= 0.3 is 0 Å². The number of benzene rings is 2. The SMILES string of the molecule is COc1ccc(-c2ccc(CN3CCOCC3)cc2)cc1. The lowest BCUT2D eigenvalue weighted by atomic mass is 10.0. The van der Waals surface area contributed by atoms with E-state index in [-0.39, 0.29) is 0 Å². The first kappa shape index (κ1) is 14.1. The van der Waals surface area contributed by atoms with Gasteiger partial charge in [0, 0.05) is 19.6 Å². The van der Waals surface area contributed by atoms with E-state index in [1.165, 1.54) is 16.7 Å². The molecule has 0 bridgehead atoms. The maximum atomic E-state index is 5.38. The fourth-order valence-corrected chi connectivity index (χ4v) is 2.60. The van der Waals surface area contributed by atoms with Gasteiger partial charge in [0.05, 0.1) is 20.3 Å². The van der Waals surface area contributed by atoms with Gasteiger partial charge in [-0.15, -0.1) is 0 Å². The predicted molar refractivity (Wildman–Crippen MR) is 84.5 cm³/mol. The molecule has 0 saturated carbocycles. The fourth-order valence-electron chi connectivity index (χ4n) is 2.60. The Hall–Kier alpha value is -1.84. The fraction of sp³-hybridized carbons (Fsp3) is 0.333. The average molecular weight is 283 g/mol. The summed E-state index contributed by atoms with van der Waals surface area (Å²) in [4.78, 5) is 2.44. The summed E-state index contributed by atoms with van der Waals surface area (Å²) in [5, 5.41) is 0. The molecule has 1 heterocycles. The molecule has 1 fully saturated rings. The largest absolute Gasteiger partial charge is 0.497 e. The molecule has 3 rings (SSSR count). The Bertz CT molecular complexity index is 557. The second-order valence-corrected chi connectivity index (χ2v) is 5.31. The lowest BCUT2D eigenvalue weighted by Crippen LogP contribution is -2.35. The minimum atomic E-state index is 0.851. The maximum Gasteiger partial charge on any atom is 0.118 e. The summed E-state index contributed by atoms with van der Waals surface area (Å²) < 4.78 is 10.6. The summed E-state index contributed by atoms with van der Waals surface area (Å²) >= 11 is 0. The Labute approximate surface area is 126 Å². The van der Waals surface area contributed by atoms with Crippen LogP contribution in [0.25, 0.3) is 11.1 Å². The molecular weight excluding hydrogens is 262 g/mol. The zero-order chi connectivity index (χ0) is 14.5. The Morgan fingerprint density at radius 3 is 2.05 bits per heavy atom. The van der Waals surface area contributed by atoms with Gasteiger partial charge in [-0.2, -0.15) is 0 Å². The van der Waals surface area contributed by atoms with Gasteiger partial charge in [-0.1, -0.05) is 36.4 Å². The summed E-state index contributed by atoms with van der Waals surface area (Å²) in [6, 6.07) is 17.0. The molecule has 1 aliphatic heterocycles. The third-order valence-electron chi connectivity index (χ3n) is 3.89. The third kappa shape index (κ3) is 3.63. The second-order valence-electron chi connectivity index (χ2n) is 5.31. The smallest absolute Gasteiger partial charge is 0.118 e. The van der Waals surface area contributed by atoms with E-state index in [0.29, 0.717) is 0 Å². The molecule has 1 saturated heterocycles. The Morgan fingerprint density at radius 1 is 0.905 bits per heavy atom. The van der Waals surface area contributed by atoms with Crippen LogP contribution in [0.4, 0.5) is 0 Å². The Kier molecular flexibility index (Phi) is 4.53. The molecule has 0 spiro atoms. The zero-order valence-electron chi connectivity index (χ0n) is 12.4. The molecule has 0 aliphatic carbocycles. The number of nitrogens with zero attached hydrogens (tertiary/aromatic N) is 1. The van der Waals surface area contributed by atoms with Crippen molar-refractivity contribution >= 4 is 0 Å². The lowest BCUT2D eigenvalue weighted by molar-refractivity contribution is 0.0342. The van der Waals surface area contributed by atoms with E-state index >= 15 is 0 Å². The molecule has 1 aliphatic rings. The van der Waals surface area contributed by atoms with Crippen molar-refractivity contribution in [3.63, 3.8) is 0 Å². The quantitative estimate of drug-likeness (QED) is 0.860. The van der Waals surface area contributed by atoms with Crippen LogP contribution in [0, 0.1) is 0 Å². The van der Waals surface area contributed by atoms with Crippen LogP contribution in [-0.4, -0.2) is 38.3 Å². The van der Waals surface area contributed by atoms with Crippen LogP contribution >= 0.6 is 0 Å². The molecule has 110 valence electrons. The van der Waals surface area contributed by atoms with Crippen LogP contribution in [0.2, 0.25) is 0 Å². The number of rotatable bonds is 4. The third-order valence-corrected chi connectivity index (χ3v) is 3.89. The first-order chi connectivity index (χ1) is 10.3. The molecular formula is C18H21NO2. The van der Waals surface area contributed by atoms with Crippen molar-refractivity contribution in [1.29, 1.82) is 0 Å². The molecule has 0 amide bonds. The molecule has 0 atom stereocenters. The predicted octanol–water partition coefficient (Wildman–Crippen LogP) is 3.19. The normalized spacial score (nSPS) is 15.9. The lowest BCUT2D eigenvalue weighted by Gasteiger charge is -2.26. The molecule has 3 heteroatoms. The molecule has 0 N–H and O–H groups in total. The van der Waals surface area contributed by atoms with Crippen LogP contribution < -0.4 is 4.74 Å². The number of morpholine rings is 1. The molecule has 21 heavy (non-hydrogen) atoms. The van der Waals surface area contributed by atoms with E-state index in [0.717, 1.165) is 38.6 Å². The number of ether oxygens (including phenoxy) is 2. The number of hydrogen-bond donors (Lipinski definition) is 0. The highest BCUT2D eigenvalue weighted by Crippen LogP contribution is 2.23. The first-order valence-corrected chi connectivity index (χ1v) is 7.38. The number of methoxy groups -OCH3 is 1. The Balaban J connectivity index is 1.67. The zero-order valence-corrected chi connectivity index (χ0v) is 12.4. The Morgan fingerprint density at radius 2 is 1.48 bits per heavy atom. The van der Waals surface area contributed by atoms with Crippen molar-refractivity contribution in [1.82, 2.24) is 4.90 Å². The standard InChI is InChI=1S/C18H21NO2/c1-20-18-8-6-17(7-9-18)16-4-2-15(3-5-16)14-19-10-12-21-13-11-19/h2-9H,10-14H2,1H3. The van der Waals surface area contributed by atoms with Crippen molar-refractivity contribution in [2.45, 2.75) is 6.54 Å². The minimum Gasteiger partial charge on any atom is -0.497 e. The number of hydrogen-bond acceptors (Lipinski definition) is 3. The van der Waals surface area contributed by atoms with Crippen LogP contribution in [0.1, 0.15) is 5.56 Å². The van der Waals surface area contributed by atoms with E-state index < -0.39 is 0 Å².